The SMILES string of the molecule is CCCCCCCCCC(C)(C)OCOC. The first-order valence-corrected chi connectivity index (χ1v) is 6.75. The maximum Gasteiger partial charge on any atom is 0.147 e. The average molecular weight is 230 g/mol. The third-order valence-corrected chi connectivity index (χ3v) is 2.95. The van der Waals surface area contributed by atoms with E-state index in [1.54, 1.807) is 7.11 Å². The van der Waals surface area contributed by atoms with Gasteiger partial charge in [0, 0.05) is 7.11 Å². The summed E-state index contributed by atoms with van der Waals surface area (Å²) in [6.07, 6.45) is 10.6. The Morgan fingerprint density at radius 1 is 0.875 bits per heavy atom. The Morgan fingerprint density at radius 3 is 2.00 bits per heavy atom. The Bertz CT molecular complexity index is 144. The molecule has 0 spiro atoms. The Kier molecular flexibility index (Phi) is 10.0. The van der Waals surface area contributed by atoms with Crippen molar-refractivity contribution in [3.8, 4) is 0 Å². The van der Waals surface area contributed by atoms with E-state index < -0.39 is 0 Å². The van der Waals surface area contributed by atoms with Crippen molar-refractivity contribution in [3.05, 3.63) is 0 Å². The molecule has 0 aromatic carbocycles. The van der Waals surface area contributed by atoms with Crippen molar-refractivity contribution < 1.29 is 9.47 Å². The predicted molar refractivity (Wildman–Crippen MR) is 69.7 cm³/mol. The van der Waals surface area contributed by atoms with Crippen molar-refractivity contribution in [2.45, 2.75) is 77.7 Å². The summed E-state index contributed by atoms with van der Waals surface area (Å²) in [5.41, 5.74) is -0.0283. The molecular formula is C14H30O2. The molecule has 0 amide bonds. The minimum atomic E-state index is -0.0283. The van der Waals surface area contributed by atoms with Crippen LogP contribution < -0.4 is 0 Å². The van der Waals surface area contributed by atoms with E-state index in [1.165, 1.54) is 44.9 Å². The van der Waals surface area contributed by atoms with Gasteiger partial charge in [-0.1, -0.05) is 51.9 Å². The van der Waals surface area contributed by atoms with E-state index in [1.807, 2.05) is 0 Å². The molecule has 2 heteroatoms. The predicted octanol–water partition coefficient (Wildman–Crippen LogP) is 4.53. The fourth-order valence-corrected chi connectivity index (χ4v) is 1.80. The molecule has 0 saturated carbocycles. The highest BCUT2D eigenvalue weighted by atomic mass is 16.7. The second-order valence-corrected chi connectivity index (χ2v) is 5.18. The lowest BCUT2D eigenvalue weighted by atomic mass is 9.99. The Balaban J connectivity index is 3.29. The monoisotopic (exact) mass is 230 g/mol. The molecule has 98 valence electrons. The van der Waals surface area contributed by atoms with Crippen LogP contribution in [0.4, 0.5) is 0 Å². The van der Waals surface area contributed by atoms with Crippen LogP contribution in [0.2, 0.25) is 0 Å². The molecule has 0 radical (unpaired) electrons. The zero-order valence-electron chi connectivity index (χ0n) is 11.7. The van der Waals surface area contributed by atoms with Crippen molar-refractivity contribution in [3.63, 3.8) is 0 Å². The molecule has 0 rings (SSSR count). The van der Waals surface area contributed by atoms with Gasteiger partial charge in [-0.15, -0.1) is 0 Å². The summed E-state index contributed by atoms with van der Waals surface area (Å²) in [4.78, 5) is 0. The normalized spacial score (nSPS) is 12.0. The number of ether oxygens (including phenoxy) is 2. The first kappa shape index (κ1) is 15.9. The summed E-state index contributed by atoms with van der Waals surface area (Å²) in [5, 5.41) is 0. The van der Waals surface area contributed by atoms with Crippen molar-refractivity contribution in [2.24, 2.45) is 0 Å². The lowest BCUT2D eigenvalue weighted by Crippen LogP contribution is -2.25. The van der Waals surface area contributed by atoms with Crippen LogP contribution in [0.5, 0.6) is 0 Å². The standard InChI is InChI=1S/C14H30O2/c1-5-6-7-8-9-10-11-12-14(2,3)16-13-15-4/h5-13H2,1-4H3. The maximum absolute atomic E-state index is 5.60. The fraction of sp³-hybridized carbons (Fsp3) is 1.00. The Morgan fingerprint density at radius 2 is 1.44 bits per heavy atom. The largest absolute Gasteiger partial charge is 0.359 e. The highest BCUT2D eigenvalue weighted by Gasteiger charge is 2.17. The van der Waals surface area contributed by atoms with Crippen LogP contribution >= 0.6 is 0 Å². The van der Waals surface area contributed by atoms with E-state index >= 15 is 0 Å². The zero-order chi connectivity index (χ0) is 12.3. The molecule has 0 heterocycles. The molecule has 2 nitrogen and oxygen atoms in total. The molecule has 0 N–H and O–H groups in total. The van der Waals surface area contributed by atoms with E-state index in [9.17, 15) is 0 Å². The van der Waals surface area contributed by atoms with Crippen LogP contribution in [0.1, 0.15) is 72.1 Å². The van der Waals surface area contributed by atoms with Crippen LogP contribution in [-0.4, -0.2) is 19.5 Å². The van der Waals surface area contributed by atoms with Gasteiger partial charge in [0.25, 0.3) is 0 Å². The van der Waals surface area contributed by atoms with Crippen LogP contribution in [0.25, 0.3) is 0 Å². The fourth-order valence-electron chi connectivity index (χ4n) is 1.80. The number of unbranched alkanes of at least 4 members (excludes halogenated alkanes) is 6. The summed E-state index contributed by atoms with van der Waals surface area (Å²) in [6.45, 7) is 6.95. The second kappa shape index (κ2) is 10.1. The lowest BCUT2D eigenvalue weighted by Gasteiger charge is -2.24. The molecule has 0 bridgehead atoms. The topological polar surface area (TPSA) is 18.5 Å². The maximum atomic E-state index is 5.60. The van der Waals surface area contributed by atoms with Gasteiger partial charge in [-0.2, -0.15) is 0 Å². The molecule has 0 aromatic rings. The van der Waals surface area contributed by atoms with Crippen LogP contribution in [0, 0.1) is 0 Å². The highest BCUT2D eigenvalue weighted by Crippen LogP contribution is 2.19. The van der Waals surface area contributed by atoms with Gasteiger partial charge in [-0.25, -0.2) is 0 Å². The van der Waals surface area contributed by atoms with Crippen LogP contribution in [0.15, 0.2) is 0 Å². The molecule has 0 atom stereocenters. The van der Waals surface area contributed by atoms with Gasteiger partial charge in [0.05, 0.1) is 5.60 Å². The van der Waals surface area contributed by atoms with Gasteiger partial charge in [0.15, 0.2) is 0 Å². The van der Waals surface area contributed by atoms with Gasteiger partial charge in [-0.05, 0) is 20.3 Å². The van der Waals surface area contributed by atoms with Gasteiger partial charge < -0.3 is 9.47 Å². The summed E-state index contributed by atoms with van der Waals surface area (Å²) in [7, 11) is 1.67. The molecular weight excluding hydrogens is 200 g/mol. The number of rotatable bonds is 11. The van der Waals surface area contributed by atoms with Crippen LogP contribution in [-0.2, 0) is 9.47 Å². The van der Waals surface area contributed by atoms with Gasteiger partial charge in [0.1, 0.15) is 6.79 Å². The number of hydrogen-bond donors (Lipinski definition) is 0. The van der Waals surface area contributed by atoms with E-state index in [0.29, 0.717) is 6.79 Å². The van der Waals surface area contributed by atoms with E-state index in [0.717, 1.165) is 6.42 Å². The first-order valence-electron chi connectivity index (χ1n) is 6.75. The van der Waals surface area contributed by atoms with E-state index in [4.69, 9.17) is 9.47 Å². The van der Waals surface area contributed by atoms with Gasteiger partial charge >= 0.3 is 0 Å². The minimum Gasteiger partial charge on any atom is -0.359 e. The van der Waals surface area contributed by atoms with E-state index in [2.05, 4.69) is 20.8 Å². The second-order valence-electron chi connectivity index (χ2n) is 5.18. The van der Waals surface area contributed by atoms with Crippen LogP contribution in [0.3, 0.4) is 0 Å². The third-order valence-electron chi connectivity index (χ3n) is 2.95. The molecule has 0 aliphatic heterocycles. The van der Waals surface area contributed by atoms with Gasteiger partial charge in [-0.3, -0.25) is 0 Å². The molecule has 0 aliphatic rings. The Hall–Kier alpha value is -0.0800. The summed E-state index contributed by atoms with van der Waals surface area (Å²) in [5.74, 6) is 0. The third kappa shape index (κ3) is 10.4. The average Bonchev–Trinajstić information content (AvgIpc) is 2.25. The summed E-state index contributed by atoms with van der Waals surface area (Å²) >= 11 is 0. The molecule has 0 aliphatic carbocycles. The lowest BCUT2D eigenvalue weighted by molar-refractivity contribution is -0.117. The summed E-state index contributed by atoms with van der Waals surface area (Å²) in [6, 6.07) is 0. The Labute approximate surface area is 102 Å². The molecule has 16 heavy (non-hydrogen) atoms. The molecule has 0 saturated heterocycles. The molecule has 0 aromatic heterocycles. The first-order chi connectivity index (χ1) is 7.62. The quantitative estimate of drug-likeness (QED) is 0.383. The van der Waals surface area contributed by atoms with Gasteiger partial charge in [0.2, 0.25) is 0 Å². The van der Waals surface area contributed by atoms with Crippen molar-refractivity contribution in [1.82, 2.24) is 0 Å². The minimum absolute atomic E-state index is 0.0283. The molecule has 0 unspecified atom stereocenters. The molecule has 0 fully saturated rings. The number of methoxy groups -OCH3 is 1. The number of hydrogen-bond acceptors (Lipinski definition) is 2. The van der Waals surface area contributed by atoms with E-state index in [-0.39, 0.29) is 5.60 Å². The summed E-state index contributed by atoms with van der Waals surface area (Å²) < 4.78 is 10.5. The van der Waals surface area contributed by atoms with Crippen molar-refractivity contribution in [2.75, 3.05) is 13.9 Å². The highest BCUT2D eigenvalue weighted by molar-refractivity contribution is 4.67. The van der Waals surface area contributed by atoms with Crippen molar-refractivity contribution >= 4 is 0 Å². The zero-order valence-corrected chi connectivity index (χ0v) is 11.7. The van der Waals surface area contributed by atoms with Crippen molar-refractivity contribution in [1.29, 1.82) is 0 Å². The smallest absolute Gasteiger partial charge is 0.147 e.